The Balaban J connectivity index is 1.83. The second-order valence-electron chi connectivity index (χ2n) is 4.87. The van der Waals surface area contributed by atoms with E-state index in [1.807, 2.05) is 0 Å². The molecule has 0 radical (unpaired) electrons. The normalized spacial score (nSPS) is 21.3. The van der Waals surface area contributed by atoms with E-state index in [2.05, 4.69) is 14.5 Å². The first-order valence-electron chi connectivity index (χ1n) is 6.31. The third kappa shape index (κ3) is 1.87. The largest absolute Gasteiger partial charge is 0.319 e. The summed E-state index contributed by atoms with van der Waals surface area (Å²) >= 11 is 6.18. The number of hydrogen-bond donors (Lipinski definition) is 0. The van der Waals surface area contributed by atoms with Crippen molar-refractivity contribution >= 4 is 11.6 Å². The molecule has 0 atom stereocenters. The average molecular weight is 240 g/mol. The van der Waals surface area contributed by atoms with Crippen LogP contribution in [0.5, 0.6) is 0 Å². The Morgan fingerprint density at radius 2 is 1.81 bits per heavy atom. The lowest BCUT2D eigenvalue weighted by atomic mass is 10.1. The highest BCUT2D eigenvalue weighted by atomic mass is 35.5. The molecule has 0 aromatic carbocycles. The predicted molar refractivity (Wildman–Crippen MR) is 64.7 cm³/mol. The van der Waals surface area contributed by atoms with E-state index in [-0.39, 0.29) is 0 Å². The highest BCUT2D eigenvalue weighted by Gasteiger charge is 2.21. The van der Waals surface area contributed by atoms with Crippen LogP contribution in [0, 0.1) is 0 Å². The SMILES string of the molecule is Clc1nc(CN2CCCC2)c2n1CCCC2. The van der Waals surface area contributed by atoms with Gasteiger partial charge in [-0.05, 0) is 56.8 Å². The molecule has 3 heterocycles. The molecular formula is C12H18ClN3. The first-order valence-corrected chi connectivity index (χ1v) is 6.68. The van der Waals surface area contributed by atoms with E-state index >= 15 is 0 Å². The molecule has 0 unspecified atom stereocenters. The monoisotopic (exact) mass is 239 g/mol. The molecule has 16 heavy (non-hydrogen) atoms. The number of halogens is 1. The molecule has 0 saturated carbocycles. The van der Waals surface area contributed by atoms with Crippen molar-refractivity contribution in [2.75, 3.05) is 13.1 Å². The fraction of sp³-hybridized carbons (Fsp3) is 0.750. The highest BCUT2D eigenvalue weighted by molar-refractivity contribution is 6.28. The number of fused-ring (bicyclic) bond motifs is 1. The molecule has 88 valence electrons. The number of likely N-dealkylation sites (tertiary alicyclic amines) is 1. The summed E-state index contributed by atoms with van der Waals surface area (Å²) in [5, 5.41) is 0.698. The maximum Gasteiger partial charge on any atom is 0.203 e. The van der Waals surface area contributed by atoms with Gasteiger partial charge in [0, 0.05) is 18.8 Å². The number of nitrogens with zero attached hydrogens (tertiary/aromatic N) is 3. The maximum absolute atomic E-state index is 6.18. The summed E-state index contributed by atoms with van der Waals surface area (Å²) in [5.74, 6) is 0. The molecule has 3 nitrogen and oxygen atoms in total. The average Bonchev–Trinajstić information content (AvgIpc) is 2.90. The van der Waals surface area contributed by atoms with Crippen molar-refractivity contribution in [1.82, 2.24) is 14.5 Å². The van der Waals surface area contributed by atoms with E-state index in [0.29, 0.717) is 5.28 Å². The van der Waals surface area contributed by atoms with E-state index in [4.69, 9.17) is 11.6 Å². The van der Waals surface area contributed by atoms with Gasteiger partial charge in [0.15, 0.2) is 0 Å². The zero-order chi connectivity index (χ0) is 11.0. The van der Waals surface area contributed by atoms with Crippen molar-refractivity contribution < 1.29 is 0 Å². The standard InChI is InChI=1S/C12H18ClN3/c13-12-14-10(9-15-6-3-4-7-15)11-5-1-2-8-16(11)12/h1-9H2. The predicted octanol–water partition coefficient (Wildman–Crippen LogP) is 2.47. The zero-order valence-corrected chi connectivity index (χ0v) is 10.3. The van der Waals surface area contributed by atoms with E-state index in [0.717, 1.165) is 19.5 Å². The van der Waals surface area contributed by atoms with Crippen LogP contribution in [0.4, 0.5) is 0 Å². The summed E-state index contributed by atoms with van der Waals surface area (Å²) in [6, 6.07) is 0. The molecular weight excluding hydrogens is 222 g/mol. The number of rotatable bonds is 2. The zero-order valence-electron chi connectivity index (χ0n) is 9.58. The Morgan fingerprint density at radius 3 is 2.62 bits per heavy atom. The third-order valence-electron chi connectivity index (χ3n) is 3.73. The van der Waals surface area contributed by atoms with Gasteiger partial charge in [-0.3, -0.25) is 4.90 Å². The lowest BCUT2D eigenvalue weighted by Gasteiger charge is -2.18. The van der Waals surface area contributed by atoms with Crippen LogP contribution in [0.15, 0.2) is 0 Å². The molecule has 0 bridgehead atoms. The summed E-state index contributed by atoms with van der Waals surface area (Å²) in [6.07, 6.45) is 6.36. The molecule has 1 aromatic rings. The summed E-state index contributed by atoms with van der Waals surface area (Å²) in [4.78, 5) is 7.04. The summed E-state index contributed by atoms with van der Waals surface area (Å²) in [7, 11) is 0. The Morgan fingerprint density at radius 1 is 1.06 bits per heavy atom. The Labute approximate surface area is 101 Å². The van der Waals surface area contributed by atoms with E-state index in [1.54, 1.807) is 0 Å². The van der Waals surface area contributed by atoms with Crippen molar-refractivity contribution in [2.45, 2.75) is 45.2 Å². The molecule has 0 aliphatic carbocycles. The van der Waals surface area contributed by atoms with E-state index in [1.165, 1.54) is 50.2 Å². The van der Waals surface area contributed by atoms with Crippen LogP contribution in [-0.4, -0.2) is 27.5 Å². The number of imidazole rings is 1. The van der Waals surface area contributed by atoms with Crippen LogP contribution in [0.25, 0.3) is 0 Å². The van der Waals surface area contributed by atoms with Crippen LogP contribution in [-0.2, 0) is 19.5 Å². The number of hydrogen-bond acceptors (Lipinski definition) is 2. The molecule has 1 saturated heterocycles. The Bertz CT molecular complexity index is 380. The molecule has 1 fully saturated rings. The van der Waals surface area contributed by atoms with Crippen LogP contribution in [0.2, 0.25) is 5.28 Å². The van der Waals surface area contributed by atoms with Gasteiger partial charge in [0.1, 0.15) is 0 Å². The topological polar surface area (TPSA) is 21.1 Å². The van der Waals surface area contributed by atoms with Crippen LogP contribution in [0.3, 0.4) is 0 Å². The van der Waals surface area contributed by atoms with Crippen molar-refractivity contribution in [3.63, 3.8) is 0 Å². The minimum Gasteiger partial charge on any atom is -0.319 e. The van der Waals surface area contributed by atoms with Gasteiger partial charge in [0.25, 0.3) is 0 Å². The second-order valence-corrected chi connectivity index (χ2v) is 5.20. The molecule has 0 N–H and O–H groups in total. The molecule has 1 aromatic heterocycles. The van der Waals surface area contributed by atoms with Gasteiger partial charge in [-0.25, -0.2) is 4.98 Å². The lowest BCUT2D eigenvalue weighted by Crippen LogP contribution is -2.20. The molecule has 2 aliphatic heterocycles. The van der Waals surface area contributed by atoms with E-state index < -0.39 is 0 Å². The smallest absolute Gasteiger partial charge is 0.203 e. The van der Waals surface area contributed by atoms with Crippen LogP contribution < -0.4 is 0 Å². The van der Waals surface area contributed by atoms with E-state index in [9.17, 15) is 0 Å². The van der Waals surface area contributed by atoms with Gasteiger partial charge in [-0.15, -0.1) is 0 Å². The minimum absolute atomic E-state index is 0.698. The van der Waals surface area contributed by atoms with Gasteiger partial charge in [-0.2, -0.15) is 0 Å². The molecule has 4 heteroatoms. The summed E-state index contributed by atoms with van der Waals surface area (Å²) in [5.41, 5.74) is 2.62. The second kappa shape index (κ2) is 4.38. The lowest BCUT2D eigenvalue weighted by molar-refractivity contribution is 0.325. The van der Waals surface area contributed by atoms with Gasteiger partial charge >= 0.3 is 0 Å². The van der Waals surface area contributed by atoms with Crippen molar-refractivity contribution in [2.24, 2.45) is 0 Å². The van der Waals surface area contributed by atoms with Crippen molar-refractivity contribution in [3.05, 3.63) is 16.7 Å². The summed E-state index contributed by atoms with van der Waals surface area (Å²) < 4.78 is 2.20. The van der Waals surface area contributed by atoms with Gasteiger partial charge in [0.05, 0.1) is 5.69 Å². The number of aromatic nitrogens is 2. The fourth-order valence-corrected chi connectivity index (χ4v) is 3.14. The maximum atomic E-state index is 6.18. The molecule has 3 rings (SSSR count). The fourth-order valence-electron chi connectivity index (χ4n) is 2.85. The molecule has 0 amide bonds. The third-order valence-corrected chi connectivity index (χ3v) is 4.01. The summed E-state index contributed by atoms with van der Waals surface area (Å²) in [6.45, 7) is 4.51. The minimum atomic E-state index is 0.698. The Hall–Kier alpha value is -0.540. The quantitative estimate of drug-likeness (QED) is 0.791. The van der Waals surface area contributed by atoms with Gasteiger partial charge < -0.3 is 4.57 Å². The molecule has 2 aliphatic rings. The van der Waals surface area contributed by atoms with Gasteiger partial charge in [0.2, 0.25) is 5.28 Å². The Kier molecular flexibility index (Phi) is 2.90. The van der Waals surface area contributed by atoms with Crippen molar-refractivity contribution in [1.29, 1.82) is 0 Å². The van der Waals surface area contributed by atoms with Crippen LogP contribution >= 0.6 is 11.6 Å². The molecule has 0 spiro atoms. The highest BCUT2D eigenvalue weighted by Crippen LogP contribution is 2.25. The van der Waals surface area contributed by atoms with Crippen molar-refractivity contribution in [3.8, 4) is 0 Å². The van der Waals surface area contributed by atoms with Gasteiger partial charge in [-0.1, -0.05) is 0 Å². The van der Waals surface area contributed by atoms with Crippen LogP contribution in [0.1, 0.15) is 37.1 Å². The first-order chi connectivity index (χ1) is 7.84. The first kappa shape index (κ1) is 10.6.